The summed E-state index contributed by atoms with van der Waals surface area (Å²) in [7, 11) is 1.80. The van der Waals surface area contributed by atoms with Crippen molar-refractivity contribution in [3.63, 3.8) is 0 Å². The summed E-state index contributed by atoms with van der Waals surface area (Å²) in [6.07, 6.45) is 4.89. The highest BCUT2D eigenvalue weighted by atomic mass is 16.2. The van der Waals surface area contributed by atoms with E-state index in [9.17, 15) is 14.4 Å². The normalized spacial score (nSPS) is 20.6. The molecule has 234 valence electrons. The molecule has 2 fully saturated rings. The third kappa shape index (κ3) is 8.90. The SMILES string of the molecule is C/C(=C\[C@H](C(C)C)N(C)C(=O)[C@@H](NC(=O)[C@H]1CCCCN1C(C)C)C(C)C)C(=O)N1CCN(Cc2ccccc2)CC1. The first-order valence-corrected chi connectivity index (χ1v) is 16.0. The number of benzene rings is 1. The first-order valence-electron chi connectivity index (χ1n) is 16.0. The summed E-state index contributed by atoms with van der Waals surface area (Å²) < 4.78 is 0. The Morgan fingerprint density at radius 2 is 1.57 bits per heavy atom. The van der Waals surface area contributed by atoms with Gasteiger partial charge in [0.2, 0.25) is 17.7 Å². The highest BCUT2D eigenvalue weighted by molar-refractivity contribution is 5.93. The van der Waals surface area contributed by atoms with Crippen LogP contribution in [0, 0.1) is 11.8 Å². The minimum Gasteiger partial charge on any atom is -0.343 e. The van der Waals surface area contributed by atoms with Gasteiger partial charge in [0, 0.05) is 51.4 Å². The molecule has 0 aromatic heterocycles. The molecule has 2 aliphatic heterocycles. The van der Waals surface area contributed by atoms with Crippen molar-refractivity contribution in [1.82, 2.24) is 24.9 Å². The van der Waals surface area contributed by atoms with Gasteiger partial charge in [-0.1, -0.05) is 70.5 Å². The Labute approximate surface area is 254 Å². The van der Waals surface area contributed by atoms with Crippen LogP contribution in [0.4, 0.5) is 0 Å². The van der Waals surface area contributed by atoms with E-state index >= 15 is 0 Å². The number of hydrogen-bond acceptors (Lipinski definition) is 5. The average molecular weight is 582 g/mol. The molecule has 0 radical (unpaired) electrons. The Bertz CT molecular complexity index is 1060. The fraction of sp³-hybridized carbons (Fsp3) is 0.676. The molecule has 8 heteroatoms. The molecule has 0 spiro atoms. The van der Waals surface area contributed by atoms with Crippen LogP contribution in [0.3, 0.4) is 0 Å². The second kappa shape index (κ2) is 15.7. The summed E-state index contributed by atoms with van der Waals surface area (Å²) in [6, 6.07) is 9.62. The molecule has 0 bridgehead atoms. The van der Waals surface area contributed by atoms with Gasteiger partial charge in [-0.15, -0.1) is 0 Å². The monoisotopic (exact) mass is 581 g/mol. The molecule has 2 saturated heterocycles. The summed E-state index contributed by atoms with van der Waals surface area (Å²) in [5.41, 5.74) is 1.94. The van der Waals surface area contributed by atoms with Crippen LogP contribution in [-0.2, 0) is 20.9 Å². The Kier molecular flexibility index (Phi) is 12.6. The summed E-state index contributed by atoms with van der Waals surface area (Å²) >= 11 is 0. The quantitative estimate of drug-likeness (QED) is 0.397. The van der Waals surface area contributed by atoms with Crippen LogP contribution in [0.15, 0.2) is 42.0 Å². The molecule has 42 heavy (non-hydrogen) atoms. The minimum absolute atomic E-state index is 0.0284. The number of carbonyl (C=O) groups excluding carboxylic acids is 3. The molecule has 2 heterocycles. The Morgan fingerprint density at radius 3 is 2.14 bits per heavy atom. The van der Waals surface area contributed by atoms with Gasteiger partial charge < -0.3 is 15.1 Å². The molecule has 8 nitrogen and oxygen atoms in total. The van der Waals surface area contributed by atoms with Gasteiger partial charge in [0.05, 0.1) is 12.1 Å². The number of likely N-dealkylation sites (tertiary alicyclic amines) is 1. The lowest BCUT2D eigenvalue weighted by atomic mass is 9.95. The molecule has 1 aromatic rings. The zero-order chi connectivity index (χ0) is 31.0. The van der Waals surface area contributed by atoms with Gasteiger partial charge in [0.1, 0.15) is 6.04 Å². The van der Waals surface area contributed by atoms with Crippen LogP contribution in [0.1, 0.15) is 73.3 Å². The molecule has 1 aromatic carbocycles. The predicted molar refractivity (Wildman–Crippen MR) is 170 cm³/mol. The Hall–Kier alpha value is -2.71. The van der Waals surface area contributed by atoms with E-state index in [0.29, 0.717) is 18.7 Å². The van der Waals surface area contributed by atoms with Crippen molar-refractivity contribution in [3.8, 4) is 0 Å². The molecule has 1 N–H and O–H groups in total. The molecule has 0 saturated carbocycles. The van der Waals surface area contributed by atoms with Gasteiger partial charge in [-0.2, -0.15) is 0 Å². The number of rotatable bonds is 11. The van der Waals surface area contributed by atoms with Gasteiger partial charge in [0.15, 0.2) is 0 Å². The second-order valence-corrected chi connectivity index (χ2v) is 13.2. The first-order chi connectivity index (χ1) is 19.9. The van der Waals surface area contributed by atoms with Crippen molar-refractivity contribution >= 4 is 17.7 Å². The molecule has 3 amide bonds. The van der Waals surface area contributed by atoms with E-state index in [1.54, 1.807) is 11.9 Å². The summed E-state index contributed by atoms with van der Waals surface area (Å²) in [5, 5.41) is 3.12. The van der Waals surface area contributed by atoms with Gasteiger partial charge in [-0.3, -0.25) is 24.2 Å². The van der Waals surface area contributed by atoms with Crippen LogP contribution in [-0.4, -0.2) is 101 Å². The zero-order valence-electron chi connectivity index (χ0n) is 27.3. The minimum atomic E-state index is -0.623. The highest BCUT2D eigenvalue weighted by Gasteiger charge is 2.36. The van der Waals surface area contributed by atoms with Crippen LogP contribution < -0.4 is 5.32 Å². The summed E-state index contributed by atoms with van der Waals surface area (Å²) in [6.45, 7) is 19.0. The van der Waals surface area contributed by atoms with Crippen LogP contribution >= 0.6 is 0 Å². The van der Waals surface area contributed by atoms with Crippen LogP contribution in [0.5, 0.6) is 0 Å². The second-order valence-electron chi connectivity index (χ2n) is 13.2. The van der Waals surface area contributed by atoms with E-state index in [1.165, 1.54) is 5.56 Å². The van der Waals surface area contributed by atoms with Crippen molar-refractivity contribution < 1.29 is 14.4 Å². The largest absolute Gasteiger partial charge is 0.343 e. The highest BCUT2D eigenvalue weighted by Crippen LogP contribution is 2.22. The predicted octanol–water partition coefficient (Wildman–Crippen LogP) is 4.16. The van der Waals surface area contributed by atoms with E-state index < -0.39 is 6.04 Å². The average Bonchev–Trinajstić information content (AvgIpc) is 2.97. The Morgan fingerprint density at radius 1 is 0.929 bits per heavy atom. The Balaban J connectivity index is 1.65. The fourth-order valence-electron chi connectivity index (χ4n) is 6.26. The number of likely N-dealkylation sites (N-methyl/N-ethyl adjacent to an activating group) is 1. The number of nitrogens with one attached hydrogen (secondary N) is 1. The molecular formula is C34H55N5O3. The lowest BCUT2D eigenvalue weighted by Gasteiger charge is -2.39. The lowest BCUT2D eigenvalue weighted by molar-refractivity contribution is -0.140. The van der Waals surface area contributed by atoms with E-state index in [0.717, 1.165) is 45.4 Å². The third-order valence-electron chi connectivity index (χ3n) is 8.89. The maximum atomic E-state index is 13.9. The van der Waals surface area contributed by atoms with Crippen molar-refractivity contribution in [2.24, 2.45) is 11.8 Å². The molecule has 2 aliphatic rings. The fourth-order valence-corrected chi connectivity index (χ4v) is 6.26. The van der Waals surface area contributed by atoms with E-state index in [-0.39, 0.29) is 47.7 Å². The molecule has 3 rings (SSSR count). The summed E-state index contributed by atoms with van der Waals surface area (Å²) in [5.74, 6) is -0.108. The number of amides is 3. The number of hydrogen-bond donors (Lipinski definition) is 1. The number of nitrogens with zero attached hydrogens (tertiary/aromatic N) is 4. The van der Waals surface area contributed by atoms with Crippen molar-refractivity contribution in [2.45, 2.75) is 98.4 Å². The molecule has 0 unspecified atom stereocenters. The number of piperazine rings is 1. The van der Waals surface area contributed by atoms with Crippen molar-refractivity contribution in [2.75, 3.05) is 39.8 Å². The maximum absolute atomic E-state index is 13.9. The van der Waals surface area contributed by atoms with Gasteiger partial charge in [0.25, 0.3) is 0 Å². The zero-order valence-corrected chi connectivity index (χ0v) is 27.3. The number of carbonyl (C=O) groups is 3. The van der Waals surface area contributed by atoms with Gasteiger partial charge >= 0.3 is 0 Å². The molecular weight excluding hydrogens is 526 g/mol. The first kappa shape index (κ1) is 33.8. The smallest absolute Gasteiger partial charge is 0.249 e. The summed E-state index contributed by atoms with van der Waals surface area (Å²) in [4.78, 5) is 49.0. The van der Waals surface area contributed by atoms with Crippen LogP contribution in [0.2, 0.25) is 0 Å². The maximum Gasteiger partial charge on any atom is 0.249 e. The number of piperidine rings is 1. The van der Waals surface area contributed by atoms with Crippen LogP contribution in [0.25, 0.3) is 0 Å². The van der Waals surface area contributed by atoms with Gasteiger partial charge in [-0.05, 0) is 57.6 Å². The lowest BCUT2D eigenvalue weighted by Crippen LogP contribution is -2.58. The topological polar surface area (TPSA) is 76.2 Å². The molecule has 0 aliphatic carbocycles. The van der Waals surface area contributed by atoms with Crippen molar-refractivity contribution in [1.29, 1.82) is 0 Å². The van der Waals surface area contributed by atoms with E-state index in [2.05, 4.69) is 67.1 Å². The molecule has 3 atom stereocenters. The van der Waals surface area contributed by atoms with Gasteiger partial charge in [-0.25, -0.2) is 0 Å². The van der Waals surface area contributed by atoms with Crippen molar-refractivity contribution in [3.05, 3.63) is 47.5 Å². The van der Waals surface area contributed by atoms with E-state index in [1.807, 2.05) is 37.8 Å². The van der Waals surface area contributed by atoms with E-state index in [4.69, 9.17) is 0 Å². The standard InChI is InChI=1S/C34H55N5O3/c1-24(2)30(22-27(7)33(41)38-20-18-37(19-21-38)23-28-14-10-9-11-15-28)36(8)34(42)31(25(3)4)35-32(40)29-16-12-13-17-39(29)26(5)6/h9-11,14-15,22,24-26,29-31H,12-13,16-21,23H2,1-8H3,(H,35,40)/b27-22+/t29-,30-,31+/m1/s1. The third-order valence-corrected chi connectivity index (χ3v) is 8.89.